The Morgan fingerprint density at radius 1 is 1.21 bits per heavy atom. The van der Waals surface area contributed by atoms with E-state index in [1.54, 1.807) is 6.08 Å². The quantitative estimate of drug-likeness (QED) is 0.401. The molecule has 1 aromatic rings. The van der Waals surface area contributed by atoms with Crippen molar-refractivity contribution in [3.8, 4) is 0 Å². The summed E-state index contributed by atoms with van der Waals surface area (Å²) >= 11 is 0. The average molecular weight is 186 g/mol. The van der Waals surface area contributed by atoms with Crippen LogP contribution >= 0.6 is 0 Å². The standard InChI is InChI=1S/C13H14O/c1-12(7-5-6-10-14)11-13-8-3-2-4-9-13/h2-10H,11H2,1H3. The van der Waals surface area contributed by atoms with Gasteiger partial charge in [-0.15, -0.1) is 0 Å². The molecule has 0 heterocycles. The van der Waals surface area contributed by atoms with Gasteiger partial charge in [-0.1, -0.05) is 48.1 Å². The van der Waals surface area contributed by atoms with Crippen molar-refractivity contribution in [3.63, 3.8) is 0 Å². The molecule has 0 bridgehead atoms. The lowest BCUT2D eigenvalue weighted by atomic mass is 10.1. The second kappa shape index (κ2) is 5.92. The molecule has 1 nitrogen and oxygen atoms in total. The maximum absolute atomic E-state index is 10.0. The maximum atomic E-state index is 10.0. The van der Waals surface area contributed by atoms with E-state index in [1.165, 1.54) is 17.2 Å². The van der Waals surface area contributed by atoms with Gasteiger partial charge in [0.2, 0.25) is 0 Å². The minimum absolute atomic E-state index is 0.784. The van der Waals surface area contributed by atoms with Crippen LogP contribution < -0.4 is 0 Å². The first-order valence-corrected chi connectivity index (χ1v) is 4.64. The van der Waals surface area contributed by atoms with E-state index in [-0.39, 0.29) is 0 Å². The topological polar surface area (TPSA) is 17.1 Å². The van der Waals surface area contributed by atoms with Crippen LogP contribution in [0.4, 0.5) is 0 Å². The smallest absolute Gasteiger partial charge is 0.142 e. The molecule has 0 N–H and O–H groups in total. The molecule has 1 rings (SSSR count). The molecule has 0 aromatic heterocycles. The van der Waals surface area contributed by atoms with E-state index in [1.807, 2.05) is 24.3 Å². The summed E-state index contributed by atoms with van der Waals surface area (Å²) in [5.74, 6) is 0. The van der Waals surface area contributed by atoms with Crippen molar-refractivity contribution in [2.24, 2.45) is 0 Å². The minimum atomic E-state index is 0.784. The molecule has 0 saturated heterocycles. The molecule has 1 aromatic carbocycles. The molecule has 1 heteroatoms. The number of aldehydes is 1. The van der Waals surface area contributed by atoms with Crippen molar-refractivity contribution < 1.29 is 4.79 Å². The van der Waals surface area contributed by atoms with E-state index in [0.29, 0.717) is 0 Å². The fraction of sp³-hybridized carbons (Fsp3) is 0.154. The van der Waals surface area contributed by atoms with Gasteiger partial charge in [0, 0.05) is 0 Å². The van der Waals surface area contributed by atoms with Crippen molar-refractivity contribution in [2.45, 2.75) is 13.3 Å². The van der Waals surface area contributed by atoms with Crippen molar-refractivity contribution in [1.29, 1.82) is 0 Å². The molecule has 0 saturated carbocycles. The molecule has 14 heavy (non-hydrogen) atoms. The number of carbonyl (C=O) groups excluding carboxylic acids is 1. The molecule has 0 amide bonds. The Labute approximate surface area is 84.8 Å². The van der Waals surface area contributed by atoms with E-state index in [4.69, 9.17) is 0 Å². The Morgan fingerprint density at radius 3 is 2.57 bits per heavy atom. The summed E-state index contributed by atoms with van der Waals surface area (Å²) in [6.45, 7) is 2.06. The third-order valence-electron chi connectivity index (χ3n) is 1.90. The number of allylic oxidation sites excluding steroid dienone is 4. The SMILES string of the molecule is CC(=CC=CC=O)Cc1ccccc1. The highest BCUT2D eigenvalue weighted by Gasteiger charge is 1.91. The van der Waals surface area contributed by atoms with Crippen LogP contribution in [0.15, 0.2) is 54.1 Å². The maximum Gasteiger partial charge on any atom is 0.142 e. The van der Waals surface area contributed by atoms with E-state index in [0.717, 1.165) is 12.7 Å². The van der Waals surface area contributed by atoms with Gasteiger partial charge in [-0.2, -0.15) is 0 Å². The normalized spacial score (nSPS) is 11.9. The van der Waals surface area contributed by atoms with E-state index >= 15 is 0 Å². The first-order chi connectivity index (χ1) is 6.83. The van der Waals surface area contributed by atoms with Gasteiger partial charge in [-0.3, -0.25) is 4.79 Å². The molecule has 0 aliphatic rings. The lowest BCUT2D eigenvalue weighted by Crippen LogP contribution is -1.84. The van der Waals surface area contributed by atoms with Crippen LogP contribution in [0.25, 0.3) is 0 Å². The van der Waals surface area contributed by atoms with Crippen molar-refractivity contribution >= 4 is 6.29 Å². The zero-order valence-electron chi connectivity index (χ0n) is 8.31. The van der Waals surface area contributed by atoms with Crippen LogP contribution in [0.3, 0.4) is 0 Å². The summed E-state index contributed by atoms with van der Waals surface area (Å²) in [5, 5.41) is 0. The number of benzene rings is 1. The van der Waals surface area contributed by atoms with E-state index < -0.39 is 0 Å². The lowest BCUT2D eigenvalue weighted by molar-refractivity contribution is -0.104. The largest absolute Gasteiger partial charge is 0.299 e. The number of rotatable bonds is 4. The Hall–Kier alpha value is -1.63. The fourth-order valence-electron chi connectivity index (χ4n) is 1.24. The van der Waals surface area contributed by atoms with Crippen molar-refractivity contribution in [1.82, 2.24) is 0 Å². The van der Waals surface area contributed by atoms with Crippen LogP contribution in [-0.2, 0) is 11.2 Å². The van der Waals surface area contributed by atoms with Crippen molar-refractivity contribution in [3.05, 3.63) is 59.7 Å². The second-order valence-electron chi connectivity index (χ2n) is 3.20. The molecule has 72 valence electrons. The number of hydrogen-bond donors (Lipinski definition) is 0. The third kappa shape index (κ3) is 3.85. The lowest BCUT2D eigenvalue weighted by Gasteiger charge is -1.99. The molecular formula is C13H14O. The third-order valence-corrected chi connectivity index (χ3v) is 1.90. The highest BCUT2D eigenvalue weighted by Crippen LogP contribution is 2.06. The zero-order chi connectivity index (χ0) is 10.2. The van der Waals surface area contributed by atoms with Gasteiger partial charge in [-0.25, -0.2) is 0 Å². The predicted molar refractivity (Wildman–Crippen MR) is 59.1 cm³/mol. The number of carbonyl (C=O) groups is 1. The van der Waals surface area contributed by atoms with Gasteiger partial charge >= 0.3 is 0 Å². The summed E-state index contributed by atoms with van der Waals surface area (Å²) in [7, 11) is 0. The van der Waals surface area contributed by atoms with Gasteiger partial charge in [0.15, 0.2) is 0 Å². The first-order valence-electron chi connectivity index (χ1n) is 4.64. The van der Waals surface area contributed by atoms with Crippen LogP contribution in [0.5, 0.6) is 0 Å². The van der Waals surface area contributed by atoms with Gasteiger partial charge in [0.1, 0.15) is 6.29 Å². The van der Waals surface area contributed by atoms with Crippen LogP contribution in [0, 0.1) is 0 Å². The van der Waals surface area contributed by atoms with Crippen molar-refractivity contribution in [2.75, 3.05) is 0 Å². The summed E-state index contributed by atoms with van der Waals surface area (Å²) < 4.78 is 0. The fourth-order valence-corrected chi connectivity index (χ4v) is 1.24. The van der Waals surface area contributed by atoms with Gasteiger partial charge < -0.3 is 0 Å². The van der Waals surface area contributed by atoms with E-state index in [2.05, 4.69) is 19.1 Å². The second-order valence-corrected chi connectivity index (χ2v) is 3.20. The van der Waals surface area contributed by atoms with Crippen LogP contribution in [-0.4, -0.2) is 6.29 Å². The molecule has 0 aliphatic heterocycles. The Kier molecular flexibility index (Phi) is 4.42. The molecular weight excluding hydrogens is 172 g/mol. The van der Waals surface area contributed by atoms with Gasteiger partial charge in [-0.05, 0) is 25.0 Å². The number of hydrogen-bond acceptors (Lipinski definition) is 1. The van der Waals surface area contributed by atoms with Gasteiger partial charge in [0.25, 0.3) is 0 Å². The average Bonchev–Trinajstić information content (AvgIpc) is 2.20. The highest BCUT2D eigenvalue weighted by molar-refractivity contribution is 5.65. The van der Waals surface area contributed by atoms with Crippen LogP contribution in [0.2, 0.25) is 0 Å². The molecule has 0 unspecified atom stereocenters. The summed E-state index contributed by atoms with van der Waals surface area (Å²) in [5.41, 5.74) is 2.54. The molecule has 0 radical (unpaired) electrons. The first kappa shape index (κ1) is 10.5. The Morgan fingerprint density at radius 2 is 1.93 bits per heavy atom. The summed E-state index contributed by atoms with van der Waals surface area (Å²) in [6.07, 6.45) is 6.94. The Balaban J connectivity index is 2.57. The molecule has 0 fully saturated rings. The van der Waals surface area contributed by atoms with Gasteiger partial charge in [0.05, 0.1) is 0 Å². The van der Waals surface area contributed by atoms with E-state index in [9.17, 15) is 4.79 Å². The monoisotopic (exact) mass is 186 g/mol. The Bertz CT molecular complexity index is 334. The predicted octanol–water partition coefficient (Wildman–Crippen LogP) is 2.93. The highest BCUT2D eigenvalue weighted by atomic mass is 16.1. The molecule has 0 atom stereocenters. The molecule has 0 spiro atoms. The summed E-state index contributed by atoms with van der Waals surface area (Å²) in [6, 6.07) is 10.3. The summed E-state index contributed by atoms with van der Waals surface area (Å²) in [4.78, 5) is 10.0. The molecule has 0 aliphatic carbocycles. The van der Waals surface area contributed by atoms with Crippen LogP contribution in [0.1, 0.15) is 12.5 Å². The zero-order valence-corrected chi connectivity index (χ0v) is 8.31. The minimum Gasteiger partial charge on any atom is -0.299 e.